The van der Waals surface area contributed by atoms with Gasteiger partial charge >= 0.3 is 0 Å². The summed E-state index contributed by atoms with van der Waals surface area (Å²) in [6, 6.07) is 56.7. The molecule has 0 saturated carbocycles. The Labute approximate surface area is 224 Å². The van der Waals surface area contributed by atoms with E-state index in [0.29, 0.717) is 0 Å². The first kappa shape index (κ1) is 22.3. The Morgan fingerprint density at radius 2 is 0.842 bits per heavy atom. The first-order valence-corrected chi connectivity index (χ1v) is 13.1. The molecular weight excluding hydrogens is 458 g/mol. The van der Waals surface area contributed by atoms with Crippen LogP contribution in [-0.4, -0.2) is 0 Å². The molecule has 1 aliphatic carbocycles. The van der Waals surface area contributed by atoms with E-state index in [1.807, 2.05) is 0 Å². The molecule has 1 heteroatoms. The fourth-order valence-corrected chi connectivity index (χ4v) is 6.13. The van der Waals surface area contributed by atoms with Gasteiger partial charge in [0.1, 0.15) is 0 Å². The number of fused-ring (bicyclic) bond motifs is 3. The lowest BCUT2D eigenvalue weighted by atomic mass is 9.68. The minimum atomic E-state index is -0.366. The van der Waals surface area contributed by atoms with Crippen molar-refractivity contribution in [1.82, 2.24) is 0 Å². The van der Waals surface area contributed by atoms with E-state index in [4.69, 9.17) is 0 Å². The highest BCUT2D eigenvalue weighted by atomic mass is 14.9. The normalized spacial score (nSPS) is 12.9. The maximum Gasteiger partial charge on any atom is 0.0713 e. The Hall–Kier alpha value is -4.88. The van der Waals surface area contributed by atoms with Gasteiger partial charge in [-0.2, -0.15) is 0 Å². The fourth-order valence-electron chi connectivity index (χ4n) is 6.13. The van der Waals surface area contributed by atoms with Crippen molar-refractivity contribution >= 4 is 11.4 Å². The molecule has 0 saturated heterocycles. The Bertz CT molecular complexity index is 1670. The van der Waals surface area contributed by atoms with Gasteiger partial charge in [0.15, 0.2) is 0 Å². The lowest BCUT2D eigenvalue weighted by molar-refractivity contribution is 0.768. The molecule has 1 aliphatic rings. The van der Waals surface area contributed by atoms with Crippen LogP contribution in [-0.2, 0) is 5.41 Å². The molecule has 0 spiro atoms. The molecule has 0 unspecified atom stereocenters. The lowest BCUT2D eigenvalue weighted by Crippen LogP contribution is -2.28. The number of hydrogen-bond acceptors (Lipinski definition) is 1. The molecular formula is C37H27N. The molecule has 0 amide bonds. The molecule has 0 bridgehead atoms. The zero-order chi connectivity index (χ0) is 25.4. The summed E-state index contributed by atoms with van der Waals surface area (Å²) in [7, 11) is 0. The Balaban J connectivity index is 1.36. The Kier molecular flexibility index (Phi) is 5.41. The van der Waals surface area contributed by atoms with Crippen LogP contribution in [0.2, 0.25) is 0 Å². The minimum Gasteiger partial charge on any atom is -0.355 e. The predicted molar refractivity (Wildman–Crippen MR) is 159 cm³/mol. The molecule has 0 atom stereocenters. The van der Waals surface area contributed by atoms with Crippen LogP contribution in [0.5, 0.6) is 0 Å². The van der Waals surface area contributed by atoms with Gasteiger partial charge in [-0.15, -0.1) is 0 Å². The maximum atomic E-state index is 3.68. The zero-order valence-corrected chi connectivity index (χ0v) is 21.0. The molecule has 0 fully saturated rings. The summed E-state index contributed by atoms with van der Waals surface area (Å²) in [5.41, 5.74) is 12.0. The highest BCUT2D eigenvalue weighted by Gasteiger charge is 2.45. The van der Waals surface area contributed by atoms with E-state index in [1.165, 1.54) is 44.5 Å². The van der Waals surface area contributed by atoms with Crippen molar-refractivity contribution in [3.05, 3.63) is 180 Å². The van der Waals surface area contributed by atoms with E-state index in [0.717, 1.165) is 11.4 Å². The van der Waals surface area contributed by atoms with Gasteiger partial charge in [-0.3, -0.25) is 0 Å². The summed E-state index contributed by atoms with van der Waals surface area (Å²) >= 11 is 0. The quantitative estimate of drug-likeness (QED) is 0.256. The highest BCUT2D eigenvalue weighted by molar-refractivity contribution is 5.86. The number of benzene rings is 6. The van der Waals surface area contributed by atoms with E-state index < -0.39 is 0 Å². The van der Waals surface area contributed by atoms with Crippen molar-refractivity contribution in [2.45, 2.75) is 5.41 Å². The third-order valence-electron chi connectivity index (χ3n) is 7.77. The Morgan fingerprint density at radius 1 is 0.368 bits per heavy atom. The average Bonchev–Trinajstić information content (AvgIpc) is 3.30. The number of nitrogens with one attached hydrogen (secondary N) is 1. The van der Waals surface area contributed by atoms with E-state index in [9.17, 15) is 0 Å². The summed E-state index contributed by atoms with van der Waals surface area (Å²) in [4.78, 5) is 0. The standard InChI is InChI=1S/C37H27N/c1-3-13-27(14-4-1)31-17-9-12-22-36(31)38-30-25-23-29(24-26-30)37(28-15-5-2-6-16-28)34-20-10-7-18-32(34)33-19-8-11-21-35(33)37/h1-26,38H. The van der Waals surface area contributed by atoms with Crippen molar-refractivity contribution < 1.29 is 0 Å². The molecule has 7 rings (SSSR count). The molecule has 1 N–H and O–H groups in total. The lowest BCUT2D eigenvalue weighted by Gasteiger charge is -2.34. The van der Waals surface area contributed by atoms with Gasteiger partial charge in [0.2, 0.25) is 0 Å². The second-order valence-electron chi connectivity index (χ2n) is 9.82. The molecule has 0 radical (unpaired) electrons. The first-order valence-electron chi connectivity index (χ1n) is 13.1. The van der Waals surface area contributed by atoms with Crippen molar-refractivity contribution in [2.75, 3.05) is 5.32 Å². The molecule has 38 heavy (non-hydrogen) atoms. The van der Waals surface area contributed by atoms with Crippen LogP contribution >= 0.6 is 0 Å². The summed E-state index contributed by atoms with van der Waals surface area (Å²) in [6.45, 7) is 0. The van der Waals surface area contributed by atoms with Crippen molar-refractivity contribution in [2.24, 2.45) is 0 Å². The summed E-state index contributed by atoms with van der Waals surface area (Å²) in [5.74, 6) is 0. The molecule has 0 aliphatic heterocycles. The van der Waals surface area contributed by atoms with Gasteiger partial charge in [0, 0.05) is 16.9 Å². The van der Waals surface area contributed by atoms with Crippen LogP contribution in [0, 0.1) is 0 Å². The Morgan fingerprint density at radius 3 is 1.47 bits per heavy atom. The van der Waals surface area contributed by atoms with E-state index in [2.05, 4.69) is 163 Å². The number of hydrogen-bond donors (Lipinski definition) is 1. The molecule has 6 aromatic rings. The van der Waals surface area contributed by atoms with E-state index >= 15 is 0 Å². The van der Waals surface area contributed by atoms with Crippen LogP contribution in [0.3, 0.4) is 0 Å². The third kappa shape index (κ3) is 3.48. The minimum absolute atomic E-state index is 0.366. The van der Waals surface area contributed by atoms with Gasteiger partial charge in [-0.1, -0.05) is 140 Å². The molecule has 0 heterocycles. The predicted octanol–water partition coefficient (Wildman–Crippen LogP) is 9.46. The van der Waals surface area contributed by atoms with E-state index in [-0.39, 0.29) is 5.41 Å². The second-order valence-corrected chi connectivity index (χ2v) is 9.82. The van der Waals surface area contributed by atoms with Crippen LogP contribution in [0.25, 0.3) is 22.3 Å². The van der Waals surface area contributed by atoms with Crippen LogP contribution in [0.15, 0.2) is 158 Å². The smallest absolute Gasteiger partial charge is 0.0713 e. The summed E-state index contributed by atoms with van der Waals surface area (Å²) < 4.78 is 0. The van der Waals surface area contributed by atoms with Crippen molar-refractivity contribution in [1.29, 1.82) is 0 Å². The van der Waals surface area contributed by atoms with Gasteiger partial charge < -0.3 is 5.32 Å². The first-order chi connectivity index (χ1) is 18.9. The average molecular weight is 486 g/mol. The van der Waals surface area contributed by atoms with E-state index in [1.54, 1.807) is 0 Å². The van der Waals surface area contributed by atoms with Crippen LogP contribution in [0.4, 0.5) is 11.4 Å². The second kappa shape index (κ2) is 9.21. The SMILES string of the molecule is c1ccc(-c2ccccc2Nc2ccc(C3(c4ccccc4)c4ccccc4-c4ccccc43)cc2)cc1. The van der Waals surface area contributed by atoms with Crippen molar-refractivity contribution in [3.63, 3.8) is 0 Å². The fraction of sp³-hybridized carbons (Fsp3) is 0.0270. The summed E-state index contributed by atoms with van der Waals surface area (Å²) in [6.07, 6.45) is 0. The molecule has 1 nitrogen and oxygen atoms in total. The number of para-hydroxylation sites is 1. The summed E-state index contributed by atoms with van der Waals surface area (Å²) in [5, 5.41) is 3.68. The number of rotatable bonds is 5. The largest absolute Gasteiger partial charge is 0.355 e. The van der Waals surface area contributed by atoms with Gasteiger partial charge in [0.05, 0.1) is 5.41 Å². The number of anilines is 2. The highest BCUT2D eigenvalue weighted by Crippen LogP contribution is 2.56. The maximum absolute atomic E-state index is 3.68. The van der Waals surface area contributed by atoms with Gasteiger partial charge in [0.25, 0.3) is 0 Å². The van der Waals surface area contributed by atoms with Crippen LogP contribution < -0.4 is 5.32 Å². The van der Waals surface area contributed by atoms with Crippen molar-refractivity contribution in [3.8, 4) is 22.3 Å². The molecule has 180 valence electrons. The molecule has 6 aromatic carbocycles. The third-order valence-corrected chi connectivity index (χ3v) is 7.77. The monoisotopic (exact) mass is 485 g/mol. The van der Waals surface area contributed by atoms with Crippen LogP contribution in [0.1, 0.15) is 22.3 Å². The molecule has 0 aromatic heterocycles. The van der Waals surface area contributed by atoms with Gasteiger partial charge in [-0.05, 0) is 57.1 Å². The van der Waals surface area contributed by atoms with Gasteiger partial charge in [-0.25, -0.2) is 0 Å². The topological polar surface area (TPSA) is 12.0 Å². The zero-order valence-electron chi connectivity index (χ0n) is 21.0.